The fourth-order valence-corrected chi connectivity index (χ4v) is 2.33. The van der Waals surface area contributed by atoms with E-state index in [1.165, 1.54) is 6.07 Å². The highest BCUT2D eigenvalue weighted by Crippen LogP contribution is 2.17. The van der Waals surface area contributed by atoms with Crippen LogP contribution in [0.1, 0.15) is 25.0 Å². The van der Waals surface area contributed by atoms with Crippen molar-refractivity contribution in [2.45, 2.75) is 33.9 Å². The van der Waals surface area contributed by atoms with E-state index in [0.29, 0.717) is 17.8 Å². The average Bonchev–Trinajstić information content (AvgIpc) is 2.99. The van der Waals surface area contributed by atoms with Gasteiger partial charge in [0.05, 0.1) is 12.7 Å². The third kappa shape index (κ3) is 4.63. The topological polar surface area (TPSA) is 50.2 Å². The van der Waals surface area contributed by atoms with E-state index in [2.05, 4.69) is 10.4 Å². The molecular weight excluding hydrogens is 295 g/mol. The van der Waals surface area contributed by atoms with E-state index in [4.69, 9.17) is 0 Å². The second-order valence-corrected chi connectivity index (χ2v) is 5.47. The molecule has 124 valence electrons. The Bertz CT molecular complexity index is 668. The van der Waals surface area contributed by atoms with Gasteiger partial charge < -0.3 is 5.32 Å². The zero-order chi connectivity index (χ0) is 16.8. The first-order valence-electron chi connectivity index (χ1n) is 7.82. The Balaban J connectivity index is 1.95. The minimum Gasteiger partial charge on any atom is -0.325 e. The summed E-state index contributed by atoms with van der Waals surface area (Å²) >= 11 is 0. The van der Waals surface area contributed by atoms with Gasteiger partial charge in [-0.3, -0.25) is 14.4 Å². The van der Waals surface area contributed by atoms with Gasteiger partial charge in [-0.1, -0.05) is 13.0 Å². The van der Waals surface area contributed by atoms with Crippen molar-refractivity contribution in [1.82, 2.24) is 14.7 Å². The number of halogens is 1. The molecule has 0 saturated carbocycles. The van der Waals surface area contributed by atoms with Crippen molar-refractivity contribution in [3.05, 3.63) is 47.5 Å². The van der Waals surface area contributed by atoms with Crippen LogP contribution in [0.4, 0.5) is 10.1 Å². The van der Waals surface area contributed by atoms with Gasteiger partial charge in [0.1, 0.15) is 5.82 Å². The van der Waals surface area contributed by atoms with Crippen LogP contribution in [-0.2, 0) is 17.9 Å². The molecule has 1 amide bonds. The molecule has 0 aliphatic heterocycles. The second-order valence-electron chi connectivity index (χ2n) is 5.47. The number of carbonyl (C=O) groups is 1. The molecule has 0 atom stereocenters. The molecule has 0 fully saturated rings. The summed E-state index contributed by atoms with van der Waals surface area (Å²) in [6, 6.07) is 4.68. The number of carbonyl (C=O) groups excluding carboxylic acids is 1. The molecule has 6 heteroatoms. The van der Waals surface area contributed by atoms with Gasteiger partial charge >= 0.3 is 0 Å². The van der Waals surface area contributed by atoms with Crippen molar-refractivity contribution >= 4 is 11.6 Å². The molecule has 0 spiro atoms. The largest absolute Gasteiger partial charge is 0.325 e. The Hall–Kier alpha value is -2.21. The number of hydrogen-bond acceptors (Lipinski definition) is 3. The van der Waals surface area contributed by atoms with Crippen molar-refractivity contribution < 1.29 is 9.18 Å². The predicted octanol–water partition coefficient (Wildman–Crippen LogP) is 2.81. The maximum atomic E-state index is 13.5. The molecule has 1 N–H and O–H groups in total. The van der Waals surface area contributed by atoms with E-state index in [9.17, 15) is 9.18 Å². The van der Waals surface area contributed by atoms with E-state index in [1.807, 2.05) is 35.8 Å². The number of hydrogen-bond donors (Lipinski definition) is 1. The van der Waals surface area contributed by atoms with Crippen LogP contribution in [0.5, 0.6) is 0 Å². The normalized spacial score (nSPS) is 11.0. The lowest BCUT2D eigenvalue weighted by atomic mass is 10.2. The number of aromatic nitrogens is 2. The van der Waals surface area contributed by atoms with Gasteiger partial charge in [-0.25, -0.2) is 4.39 Å². The standard InChI is InChI=1S/C17H23FN4O/c1-4-21(10-14-9-19-22(5-2)11-14)12-17(23)20-16-8-6-7-15(18)13(16)3/h6-9,11H,4-5,10,12H2,1-3H3,(H,20,23). The third-order valence-corrected chi connectivity index (χ3v) is 3.77. The van der Waals surface area contributed by atoms with Gasteiger partial charge in [-0.15, -0.1) is 0 Å². The number of nitrogens with zero attached hydrogens (tertiary/aromatic N) is 3. The molecule has 5 nitrogen and oxygen atoms in total. The maximum absolute atomic E-state index is 13.5. The number of amides is 1. The molecule has 1 heterocycles. The highest BCUT2D eigenvalue weighted by atomic mass is 19.1. The van der Waals surface area contributed by atoms with Crippen molar-refractivity contribution in [2.24, 2.45) is 0 Å². The lowest BCUT2D eigenvalue weighted by molar-refractivity contribution is -0.117. The smallest absolute Gasteiger partial charge is 0.238 e. The first-order chi connectivity index (χ1) is 11.0. The monoisotopic (exact) mass is 318 g/mol. The Morgan fingerprint density at radius 1 is 1.39 bits per heavy atom. The van der Waals surface area contributed by atoms with Gasteiger partial charge in [0.15, 0.2) is 0 Å². The number of rotatable bonds is 7. The lowest BCUT2D eigenvalue weighted by Crippen LogP contribution is -2.32. The molecule has 2 aromatic rings. The minimum absolute atomic E-state index is 0.150. The Morgan fingerprint density at radius 3 is 2.83 bits per heavy atom. The molecule has 1 aromatic carbocycles. The van der Waals surface area contributed by atoms with Crippen LogP contribution in [0.3, 0.4) is 0 Å². The first-order valence-corrected chi connectivity index (χ1v) is 7.82. The van der Waals surface area contributed by atoms with Crippen LogP contribution < -0.4 is 5.32 Å². The molecular formula is C17H23FN4O. The SMILES string of the molecule is CCN(CC(=O)Nc1cccc(F)c1C)Cc1cnn(CC)c1. The summed E-state index contributed by atoms with van der Waals surface area (Å²) in [4.78, 5) is 14.2. The van der Waals surface area contributed by atoms with Crippen LogP contribution in [0.2, 0.25) is 0 Å². The number of likely N-dealkylation sites (N-methyl/N-ethyl adjacent to an activating group) is 1. The minimum atomic E-state index is -0.317. The Morgan fingerprint density at radius 2 is 2.17 bits per heavy atom. The Labute approximate surface area is 136 Å². The number of aryl methyl sites for hydroxylation is 1. The van der Waals surface area contributed by atoms with Crippen LogP contribution >= 0.6 is 0 Å². The summed E-state index contributed by atoms with van der Waals surface area (Å²) in [6.45, 7) is 8.17. The zero-order valence-electron chi connectivity index (χ0n) is 13.8. The Kier molecular flexibility index (Phi) is 5.87. The molecule has 0 saturated heterocycles. The van der Waals surface area contributed by atoms with E-state index >= 15 is 0 Å². The van der Waals surface area contributed by atoms with Gasteiger partial charge in [-0.2, -0.15) is 5.10 Å². The number of nitrogens with one attached hydrogen (secondary N) is 1. The predicted molar refractivity (Wildman–Crippen MR) is 88.6 cm³/mol. The zero-order valence-corrected chi connectivity index (χ0v) is 13.8. The van der Waals surface area contributed by atoms with Gasteiger partial charge in [0, 0.05) is 36.1 Å². The number of anilines is 1. The molecule has 23 heavy (non-hydrogen) atoms. The van der Waals surface area contributed by atoms with E-state index < -0.39 is 0 Å². The van der Waals surface area contributed by atoms with Crippen molar-refractivity contribution in [3.63, 3.8) is 0 Å². The van der Waals surface area contributed by atoms with Gasteiger partial charge in [0.25, 0.3) is 0 Å². The summed E-state index contributed by atoms with van der Waals surface area (Å²) in [7, 11) is 0. The van der Waals surface area contributed by atoms with E-state index in [-0.39, 0.29) is 18.3 Å². The van der Waals surface area contributed by atoms with Crippen LogP contribution in [0.15, 0.2) is 30.6 Å². The molecule has 0 radical (unpaired) electrons. The second kappa shape index (κ2) is 7.87. The first kappa shape index (κ1) is 17.1. The summed E-state index contributed by atoms with van der Waals surface area (Å²) in [6.07, 6.45) is 3.80. The molecule has 0 bridgehead atoms. The van der Waals surface area contributed by atoms with Crippen molar-refractivity contribution in [2.75, 3.05) is 18.4 Å². The maximum Gasteiger partial charge on any atom is 0.238 e. The summed E-state index contributed by atoms with van der Waals surface area (Å²) < 4.78 is 15.4. The fourth-order valence-electron chi connectivity index (χ4n) is 2.33. The van der Waals surface area contributed by atoms with Gasteiger partial charge in [0.2, 0.25) is 5.91 Å². The quantitative estimate of drug-likeness (QED) is 0.854. The van der Waals surface area contributed by atoms with Crippen LogP contribution in [-0.4, -0.2) is 33.7 Å². The average molecular weight is 318 g/mol. The molecule has 0 aliphatic carbocycles. The molecule has 1 aromatic heterocycles. The van der Waals surface area contributed by atoms with Crippen molar-refractivity contribution in [1.29, 1.82) is 0 Å². The highest BCUT2D eigenvalue weighted by Gasteiger charge is 2.12. The summed E-state index contributed by atoms with van der Waals surface area (Å²) in [5.74, 6) is -0.467. The lowest BCUT2D eigenvalue weighted by Gasteiger charge is -2.19. The highest BCUT2D eigenvalue weighted by molar-refractivity contribution is 5.92. The van der Waals surface area contributed by atoms with E-state index in [1.54, 1.807) is 19.1 Å². The fraction of sp³-hybridized carbons (Fsp3) is 0.412. The molecule has 2 rings (SSSR count). The van der Waals surface area contributed by atoms with Crippen LogP contribution in [0.25, 0.3) is 0 Å². The summed E-state index contributed by atoms with van der Waals surface area (Å²) in [5.41, 5.74) is 2.04. The molecule has 0 unspecified atom stereocenters. The van der Waals surface area contributed by atoms with Gasteiger partial charge in [-0.05, 0) is 32.5 Å². The summed E-state index contributed by atoms with van der Waals surface area (Å²) in [5, 5.41) is 7.01. The van der Waals surface area contributed by atoms with Crippen LogP contribution in [0, 0.1) is 12.7 Å². The van der Waals surface area contributed by atoms with Crippen molar-refractivity contribution in [3.8, 4) is 0 Å². The third-order valence-electron chi connectivity index (χ3n) is 3.77. The number of benzene rings is 1. The molecule has 0 aliphatic rings. The van der Waals surface area contributed by atoms with E-state index in [0.717, 1.165) is 18.7 Å².